The fourth-order valence-electron chi connectivity index (χ4n) is 2.78. The lowest BCUT2D eigenvalue weighted by atomic mass is 10.2. The van der Waals surface area contributed by atoms with E-state index in [0.717, 1.165) is 10.2 Å². The zero-order chi connectivity index (χ0) is 22.4. The number of aromatic nitrogens is 3. The van der Waals surface area contributed by atoms with Gasteiger partial charge in [-0.1, -0.05) is 27.7 Å². The quantitative estimate of drug-likeness (QED) is 0.453. The third-order valence-electron chi connectivity index (χ3n) is 4.42. The van der Waals surface area contributed by atoms with Gasteiger partial charge in [-0.15, -0.1) is 10.2 Å². The van der Waals surface area contributed by atoms with Crippen molar-refractivity contribution in [2.75, 3.05) is 18.2 Å². The predicted molar refractivity (Wildman–Crippen MR) is 123 cm³/mol. The van der Waals surface area contributed by atoms with Crippen LogP contribution in [-0.4, -0.2) is 39.4 Å². The van der Waals surface area contributed by atoms with E-state index in [1.165, 1.54) is 11.8 Å². The van der Waals surface area contributed by atoms with Crippen molar-refractivity contribution >= 4 is 45.2 Å². The Bertz CT molecular complexity index is 1050. The van der Waals surface area contributed by atoms with E-state index in [0.29, 0.717) is 22.3 Å². The van der Waals surface area contributed by atoms with E-state index < -0.39 is 0 Å². The summed E-state index contributed by atoms with van der Waals surface area (Å²) in [6, 6.07) is 13.9. The predicted octanol–water partition coefficient (Wildman–Crippen LogP) is 3.81. The van der Waals surface area contributed by atoms with E-state index in [1.807, 2.05) is 31.2 Å². The van der Waals surface area contributed by atoms with Gasteiger partial charge >= 0.3 is 0 Å². The zero-order valence-corrected chi connectivity index (χ0v) is 19.7. The Kier molecular flexibility index (Phi) is 7.69. The van der Waals surface area contributed by atoms with Crippen LogP contribution in [0.25, 0.3) is 0 Å². The van der Waals surface area contributed by atoms with Crippen molar-refractivity contribution in [1.82, 2.24) is 20.1 Å². The Labute approximate surface area is 192 Å². The number of halogens is 1. The summed E-state index contributed by atoms with van der Waals surface area (Å²) >= 11 is 4.64. The van der Waals surface area contributed by atoms with Crippen LogP contribution in [0.2, 0.25) is 0 Å². The van der Waals surface area contributed by atoms with Crippen LogP contribution in [0.3, 0.4) is 0 Å². The summed E-state index contributed by atoms with van der Waals surface area (Å²) in [5.41, 5.74) is 1.25. The standard InChI is InChI=1S/C21H22BrN5O3S/c1-13(23-20(29)14-4-10-17(30-3)11-5-14)19-25-26-21(27(19)2)31-12-18(28)24-16-8-6-15(22)7-9-16/h4-11,13H,12H2,1-3H3,(H,23,29)(H,24,28)/t13-/m0/s1. The summed E-state index contributed by atoms with van der Waals surface area (Å²) in [5, 5.41) is 14.7. The molecule has 0 saturated heterocycles. The minimum Gasteiger partial charge on any atom is -0.497 e. The normalized spacial score (nSPS) is 11.6. The number of benzene rings is 2. The summed E-state index contributed by atoms with van der Waals surface area (Å²) in [6.07, 6.45) is 0. The Morgan fingerprint density at radius 2 is 1.81 bits per heavy atom. The monoisotopic (exact) mass is 503 g/mol. The number of hydrogen-bond donors (Lipinski definition) is 2. The molecule has 0 saturated carbocycles. The van der Waals surface area contributed by atoms with Crippen molar-refractivity contribution in [3.8, 4) is 5.75 Å². The van der Waals surface area contributed by atoms with Gasteiger partial charge in [0.2, 0.25) is 5.91 Å². The second kappa shape index (κ2) is 10.5. The van der Waals surface area contributed by atoms with E-state index in [1.54, 1.807) is 43.0 Å². The smallest absolute Gasteiger partial charge is 0.251 e. The summed E-state index contributed by atoms with van der Waals surface area (Å²) < 4.78 is 7.83. The van der Waals surface area contributed by atoms with Gasteiger partial charge in [-0.05, 0) is 55.5 Å². The van der Waals surface area contributed by atoms with Gasteiger partial charge in [-0.3, -0.25) is 9.59 Å². The number of nitrogens with zero attached hydrogens (tertiary/aromatic N) is 3. The summed E-state index contributed by atoms with van der Waals surface area (Å²) in [6.45, 7) is 1.83. The minimum absolute atomic E-state index is 0.141. The van der Waals surface area contributed by atoms with E-state index in [9.17, 15) is 9.59 Å². The fraction of sp³-hybridized carbons (Fsp3) is 0.238. The van der Waals surface area contributed by atoms with Gasteiger partial charge in [-0.2, -0.15) is 0 Å². The largest absolute Gasteiger partial charge is 0.497 e. The van der Waals surface area contributed by atoms with Gasteiger partial charge < -0.3 is 19.9 Å². The first kappa shape index (κ1) is 22.8. The number of hydrogen-bond acceptors (Lipinski definition) is 6. The lowest BCUT2D eigenvalue weighted by Crippen LogP contribution is -2.28. The second-order valence-corrected chi connectivity index (χ2v) is 8.53. The first-order chi connectivity index (χ1) is 14.9. The maximum Gasteiger partial charge on any atom is 0.251 e. The highest BCUT2D eigenvalue weighted by atomic mass is 79.9. The van der Waals surface area contributed by atoms with Crippen LogP contribution in [-0.2, 0) is 11.8 Å². The van der Waals surface area contributed by atoms with Crippen molar-refractivity contribution in [2.24, 2.45) is 7.05 Å². The third kappa shape index (κ3) is 6.08. The summed E-state index contributed by atoms with van der Waals surface area (Å²) in [5.74, 6) is 1.11. The fourth-order valence-corrected chi connectivity index (χ4v) is 3.76. The van der Waals surface area contributed by atoms with Crippen molar-refractivity contribution in [3.63, 3.8) is 0 Å². The van der Waals surface area contributed by atoms with Crippen molar-refractivity contribution < 1.29 is 14.3 Å². The van der Waals surface area contributed by atoms with Gasteiger partial charge in [0, 0.05) is 22.8 Å². The molecule has 0 aliphatic carbocycles. The second-order valence-electron chi connectivity index (χ2n) is 6.67. The zero-order valence-electron chi connectivity index (χ0n) is 17.3. The molecule has 1 heterocycles. The molecule has 0 unspecified atom stereocenters. The van der Waals surface area contributed by atoms with E-state index in [-0.39, 0.29) is 23.6 Å². The number of carbonyl (C=O) groups is 2. The molecule has 2 N–H and O–H groups in total. The highest BCUT2D eigenvalue weighted by Gasteiger charge is 2.19. The molecule has 0 aliphatic heterocycles. The molecule has 10 heteroatoms. The molecule has 2 aromatic carbocycles. The molecule has 2 amide bonds. The number of ether oxygens (including phenoxy) is 1. The molecule has 3 aromatic rings. The number of amides is 2. The Hall–Kier alpha value is -2.85. The average Bonchev–Trinajstić information content (AvgIpc) is 3.14. The number of thioether (sulfide) groups is 1. The van der Waals surface area contributed by atoms with Gasteiger partial charge in [0.05, 0.1) is 18.9 Å². The molecular weight excluding hydrogens is 482 g/mol. The topological polar surface area (TPSA) is 98.1 Å². The lowest BCUT2D eigenvalue weighted by molar-refractivity contribution is -0.113. The van der Waals surface area contributed by atoms with Crippen molar-refractivity contribution in [1.29, 1.82) is 0 Å². The van der Waals surface area contributed by atoms with Gasteiger partial charge in [0.15, 0.2) is 11.0 Å². The third-order valence-corrected chi connectivity index (χ3v) is 5.96. The number of carbonyl (C=O) groups excluding carboxylic acids is 2. The Morgan fingerprint density at radius 3 is 2.45 bits per heavy atom. The number of nitrogens with one attached hydrogen (secondary N) is 2. The number of anilines is 1. The summed E-state index contributed by atoms with van der Waals surface area (Å²) in [4.78, 5) is 24.7. The van der Waals surface area contributed by atoms with Crippen LogP contribution in [0.1, 0.15) is 29.1 Å². The molecule has 0 bridgehead atoms. The van der Waals surface area contributed by atoms with Gasteiger partial charge in [0.25, 0.3) is 5.91 Å². The molecule has 1 aromatic heterocycles. The van der Waals surface area contributed by atoms with Gasteiger partial charge in [0.1, 0.15) is 5.75 Å². The maximum atomic E-state index is 12.5. The highest BCUT2D eigenvalue weighted by Crippen LogP contribution is 2.20. The number of methoxy groups -OCH3 is 1. The molecule has 31 heavy (non-hydrogen) atoms. The molecule has 1 atom stereocenters. The summed E-state index contributed by atoms with van der Waals surface area (Å²) in [7, 11) is 3.38. The van der Waals surface area contributed by atoms with E-state index in [4.69, 9.17) is 4.74 Å². The van der Waals surface area contributed by atoms with Crippen LogP contribution in [0.15, 0.2) is 58.2 Å². The molecule has 0 fully saturated rings. The molecule has 0 aliphatic rings. The van der Waals surface area contributed by atoms with Crippen LogP contribution in [0.5, 0.6) is 5.75 Å². The van der Waals surface area contributed by atoms with Crippen molar-refractivity contribution in [2.45, 2.75) is 18.1 Å². The average molecular weight is 504 g/mol. The van der Waals surface area contributed by atoms with Crippen LogP contribution >= 0.6 is 27.7 Å². The number of rotatable bonds is 8. The first-order valence-electron chi connectivity index (χ1n) is 9.40. The molecule has 8 nitrogen and oxygen atoms in total. The minimum atomic E-state index is -0.363. The molecule has 0 spiro atoms. The molecular formula is C21H22BrN5O3S. The van der Waals surface area contributed by atoms with Crippen LogP contribution < -0.4 is 15.4 Å². The first-order valence-corrected chi connectivity index (χ1v) is 11.2. The maximum absolute atomic E-state index is 12.5. The SMILES string of the molecule is COc1ccc(C(=O)N[C@@H](C)c2nnc(SCC(=O)Nc3ccc(Br)cc3)n2C)cc1. The van der Waals surface area contributed by atoms with Crippen LogP contribution in [0.4, 0.5) is 5.69 Å². The lowest BCUT2D eigenvalue weighted by Gasteiger charge is -2.14. The molecule has 3 rings (SSSR count). The molecule has 0 radical (unpaired) electrons. The Morgan fingerprint density at radius 1 is 1.13 bits per heavy atom. The van der Waals surface area contributed by atoms with E-state index >= 15 is 0 Å². The van der Waals surface area contributed by atoms with E-state index in [2.05, 4.69) is 36.8 Å². The van der Waals surface area contributed by atoms with Crippen molar-refractivity contribution in [3.05, 3.63) is 64.4 Å². The Balaban J connectivity index is 1.56. The van der Waals surface area contributed by atoms with Gasteiger partial charge in [-0.25, -0.2) is 0 Å². The van der Waals surface area contributed by atoms with Crippen LogP contribution in [0, 0.1) is 0 Å². The molecule has 162 valence electrons. The highest BCUT2D eigenvalue weighted by molar-refractivity contribution is 9.10.